The molecule has 1 atom stereocenters. The molecule has 0 aromatic carbocycles. The summed E-state index contributed by atoms with van der Waals surface area (Å²) >= 11 is 0. The zero-order valence-electron chi connectivity index (χ0n) is 5.63. The van der Waals surface area contributed by atoms with Gasteiger partial charge in [0, 0.05) is 6.42 Å². The summed E-state index contributed by atoms with van der Waals surface area (Å²) in [5.41, 5.74) is 0. The van der Waals surface area contributed by atoms with Crippen molar-refractivity contribution in [1.82, 2.24) is 0 Å². The van der Waals surface area contributed by atoms with Crippen LogP contribution in [0.3, 0.4) is 0 Å². The summed E-state index contributed by atoms with van der Waals surface area (Å²) < 4.78 is 5.11. The Labute approximate surface area is 54.8 Å². The van der Waals surface area contributed by atoms with Crippen LogP contribution in [0.4, 0.5) is 0 Å². The summed E-state index contributed by atoms with van der Waals surface area (Å²) in [5.74, 6) is 0. The molecule has 0 saturated carbocycles. The largest absolute Gasteiger partial charge is 0.350 e. The lowest BCUT2D eigenvalue weighted by Gasteiger charge is -2.06. The molecule has 1 aliphatic heterocycles. The zero-order valence-corrected chi connectivity index (χ0v) is 5.63. The second-order valence-electron chi connectivity index (χ2n) is 1.95. The van der Waals surface area contributed by atoms with E-state index in [1.165, 1.54) is 0 Å². The standard InChI is InChI=1S/C6H12O3/c1-2-8-9-6-4-3-5-7-6/h6H,2-5H2,1H3. The minimum atomic E-state index is -0.107. The van der Waals surface area contributed by atoms with Crippen molar-refractivity contribution in [2.45, 2.75) is 26.1 Å². The molecule has 1 fully saturated rings. The van der Waals surface area contributed by atoms with E-state index in [0.29, 0.717) is 6.61 Å². The van der Waals surface area contributed by atoms with Gasteiger partial charge < -0.3 is 4.74 Å². The van der Waals surface area contributed by atoms with Gasteiger partial charge in [0.05, 0.1) is 13.2 Å². The van der Waals surface area contributed by atoms with E-state index in [1.807, 2.05) is 6.92 Å². The Morgan fingerprint density at radius 2 is 2.56 bits per heavy atom. The molecule has 3 heteroatoms. The molecule has 0 N–H and O–H groups in total. The maximum absolute atomic E-state index is 5.11. The summed E-state index contributed by atoms with van der Waals surface area (Å²) in [6, 6.07) is 0. The second kappa shape index (κ2) is 3.82. The number of hydrogen-bond acceptors (Lipinski definition) is 3. The third kappa shape index (κ3) is 2.30. The van der Waals surface area contributed by atoms with Gasteiger partial charge in [-0.15, -0.1) is 0 Å². The van der Waals surface area contributed by atoms with Crippen LogP contribution in [0.5, 0.6) is 0 Å². The molecule has 9 heavy (non-hydrogen) atoms. The number of ether oxygens (including phenoxy) is 1. The molecule has 0 amide bonds. The Balaban J connectivity index is 1.98. The van der Waals surface area contributed by atoms with Gasteiger partial charge in [0.2, 0.25) is 0 Å². The highest BCUT2D eigenvalue weighted by Crippen LogP contribution is 2.12. The second-order valence-corrected chi connectivity index (χ2v) is 1.95. The van der Waals surface area contributed by atoms with Gasteiger partial charge in [0.25, 0.3) is 0 Å². The monoisotopic (exact) mass is 132 g/mol. The van der Waals surface area contributed by atoms with Crippen LogP contribution in [0.2, 0.25) is 0 Å². The topological polar surface area (TPSA) is 27.7 Å². The van der Waals surface area contributed by atoms with E-state index >= 15 is 0 Å². The van der Waals surface area contributed by atoms with Crippen LogP contribution in [-0.2, 0) is 14.5 Å². The van der Waals surface area contributed by atoms with E-state index in [2.05, 4.69) is 0 Å². The number of rotatable bonds is 3. The minimum absolute atomic E-state index is 0.107. The van der Waals surface area contributed by atoms with Gasteiger partial charge in [-0.3, -0.25) is 0 Å². The predicted octanol–water partition coefficient (Wildman–Crippen LogP) is 1.09. The fourth-order valence-corrected chi connectivity index (χ4v) is 0.768. The molecule has 1 saturated heterocycles. The van der Waals surface area contributed by atoms with Gasteiger partial charge in [0.15, 0.2) is 6.29 Å². The van der Waals surface area contributed by atoms with Gasteiger partial charge in [-0.2, -0.15) is 0 Å². The Kier molecular flexibility index (Phi) is 2.97. The summed E-state index contributed by atoms with van der Waals surface area (Å²) in [4.78, 5) is 9.52. The van der Waals surface area contributed by atoms with E-state index < -0.39 is 0 Å². The smallest absolute Gasteiger partial charge is 0.191 e. The van der Waals surface area contributed by atoms with Crippen LogP contribution in [0, 0.1) is 0 Å². The molecule has 3 nitrogen and oxygen atoms in total. The highest BCUT2D eigenvalue weighted by molar-refractivity contribution is 4.51. The van der Waals surface area contributed by atoms with Crippen molar-refractivity contribution >= 4 is 0 Å². The van der Waals surface area contributed by atoms with E-state index in [4.69, 9.17) is 14.5 Å². The molecule has 1 heterocycles. The predicted molar refractivity (Wildman–Crippen MR) is 31.7 cm³/mol. The van der Waals surface area contributed by atoms with E-state index in [9.17, 15) is 0 Å². The van der Waals surface area contributed by atoms with Crippen molar-refractivity contribution in [2.24, 2.45) is 0 Å². The highest BCUT2D eigenvalue weighted by Gasteiger charge is 2.15. The van der Waals surface area contributed by atoms with Crippen LogP contribution in [-0.4, -0.2) is 19.5 Å². The van der Waals surface area contributed by atoms with E-state index in [-0.39, 0.29) is 6.29 Å². The quantitative estimate of drug-likeness (QED) is 0.425. The Hall–Kier alpha value is -0.120. The summed E-state index contributed by atoms with van der Waals surface area (Å²) in [6.45, 7) is 3.27. The lowest BCUT2D eigenvalue weighted by Crippen LogP contribution is -2.10. The summed E-state index contributed by atoms with van der Waals surface area (Å²) in [6.07, 6.45) is 1.93. The first-order chi connectivity index (χ1) is 4.43. The van der Waals surface area contributed by atoms with Crippen LogP contribution in [0.1, 0.15) is 19.8 Å². The normalized spacial score (nSPS) is 27.0. The zero-order chi connectivity index (χ0) is 6.53. The van der Waals surface area contributed by atoms with Crippen LogP contribution < -0.4 is 0 Å². The lowest BCUT2D eigenvalue weighted by molar-refractivity contribution is -0.367. The lowest BCUT2D eigenvalue weighted by atomic mass is 10.4. The fourth-order valence-electron chi connectivity index (χ4n) is 0.768. The molecule has 0 spiro atoms. The van der Waals surface area contributed by atoms with Crippen LogP contribution in [0.15, 0.2) is 0 Å². The minimum Gasteiger partial charge on any atom is -0.350 e. The average molecular weight is 132 g/mol. The van der Waals surface area contributed by atoms with E-state index in [0.717, 1.165) is 19.4 Å². The van der Waals surface area contributed by atoms with Crippen LogP contribution in [0.25, 0.3) is 0 Å². The van der Waals surface area contributed by atoms with Crippen molar-refractivity contribution < 1.29 is 14.5 Å². The third-order valence-electron chi connectivity index (χ3n) is 1.18. The molecule has 1 aliphatic rings. The molecule has 54 valence electrons. The molecule has 1 unspecified atom stereocenters. The van der Waals surface area contributed by atoms with Gasteiger partial charge in [-0.1, -0.05) is 0 Å². The van der Waals surface area contributed by atoms with Gasteiger partial charge in [0.1, 0.15) is 0 Å². The van der Waals surface area contributed by atoms with E-state index in [1.54, 1.807) is 0 Å². The average Bonchev–Trinajstić information content (AvgIpc) is 2.34. The SMILES string of the molecule is CCOOC1CCCO1. The number of hydrogen-bond donors (Lipinski definition) is 0. The molecule has 0 aliphatic carbocycles. The molecule has 0 radical (unpaired) electrons. The fraction of sp³-hybridized carbons (Fsp3) is 1.00. The van der Waals surface area contributed by atoms with Gasteiger partial charge >= 0.3 is 0 Å². The summed E-state index contributed by atoms with van der Waals surface area (Å²) in [5, 5.41) is 0. The molecule has 1 rings (SSSR count). The first kappa shape index (κ1) is 6.99. The molecular formula is C6H12O3. The van der Waals surface area contributed by atoms with Crippen molar-refractivity contribution in [2.75, 3.05) is 13.2 Å². The van der Waals surface area contributed by atoms with Gasteiger partial charge in [-0.25, -0.2) is 9.78 Å². The van der Waals surface area contributed by atoms with Crippen molar-refractivity contribution in [1.29, 1.82) is 0 Å². The third-order valence-corrected chi connectivity index (χ3v) is 1.18. The Bertz CT molecular complexity index is 68.7. The molecule has 0 aromatic heterocycles. The van der Waals surface area contributed by atoms with Crippen molar-refractivity contribution in [3.8, 4) is 0 Å². The Morgan fingerprint density at radius 1 is 1.67 bits per heavy atom. The van der Waals surface area contributed by atoms with Crippen molar-refractivity contribution in [3.63, 3.8) is 0 Å². The highest BCUT2D eigenvalue weighted by atomic mass is 17.2. The van der Waals surface area contributed by atoms with Crippen molar-refractivity contribution in [3.05, 3.63) is 0 Å². The molecular weight excluding hydrogens is 120 g/mol. The summed E-state index contributed by atoms with van der Waals surface area (Å²) in [7, 11) is 0. The first-order valence-electron chi connectivity index (χ1n) is 3.33. The Morgan fingerprint density at radius 3 is 3.11 bits per heavy atom. The van der Waals surface area contributed by atoms with Gasteiger partial charge in [-0.05, 0) is 13.3 Å². The van der Waals surface area contributed by atoms with Crippen LogP contribution >= 0.6 is 0 Å². The maximum Gasteiger partial charge on any atom is 0.191 e. The first-order valence-corrected chi connectivity index (χ1v) is 3.33. The molecule has 0 bridgehead atoms. The maximum atomic E-state index is 5.11. The molecule has 0 aromatic rings.